The maximum atomic E-state index is 5.96. The Morgan fingerprint density at radius 1 is 1.35 bits per heavy atom. The molecule has 102 valence electrons. The van der Waals surface area contributed by atoms with E-state index in [0.717, 1.165) is 26.7 Å². The third-order valence-corrected chi connectivity index (χ3v) is 4.83. The third kappa shape index (κ3) is 3.00. The van der Waals surface area contributed by atoms with Gasteiger partial charge in [0.05, 0.1) is 5.52 Å². The van der Waals surface area contributed by atoms with Gasteiger partial charge in [0.15, 0.2) is 4.34 Å². The Balaban J connectivity index is 2.06. The lowest BCUT2D eigenvalue weighted by atomic mass is 10.1. The highest BCUT2D eigenvalue weighted by atomic mass is 32.2. The smallest absolute Gasteiger partial charge is 0.156 e. The molecular formula is C15H15N3S2. The van der Waals surface area contributed by atoms with Gasteiger partial charge in [-0.15, -0.1) is 11.3 Å². The van der Waals surface area contributed by atoms with Crippen molar-refractivity contribution in [2.75, 3.05) is 0 Å². The van der Waals surface area contributed by atoms with Crippen LogP contribution in [0.1, 0.15) is 12.5 Å². The zero-order valence-corrected chi connectivity index (χ0v) is 12.7. The fourth-order valence-electron chi connectivity index (χ4n) is 2.07. The van der Waals surface area contributed by atoms with Crippen LogP contribution in [-0.4, -0.2) is 16.0 Å². The molecule has 20 heavy (non-hydrogen) atoms. The van der Waals surface area contributed by atoms with Crippen LogP contribution in [0.15, 0.2) is 51.3 Å². The SMILES string of the molecule is CC(N)Cc1cc2ccccc2nc1Sc1nccs1. The van der Waals surface area contributed by atoms with Crippen LogP contribution in [0.25, 0.3) is 10.9 Å². The van der Waals surface area contributed by atoms with Gasteiger partial charge in [-0.05, 0) is 42.8 Å². The Labute approximate surface area is 126 Å². The van der Waals surface area contributed by atoms with Crippen LogP contribution in [0.2, 0.25) is 0 Å². The molecule has 0 saturated carbocycles. The summed E-state index contributed by atoms with van der Waals surface area (Å²) < 4.78 is 1.01. The summed E-state index contributed by atoms with van der Waals surface area (Å²) in [5.74, 6) is 0. The van der Waals surface area contributed by atoms with E-state index in [1.165, 1.54) is 5.56 Å². The number of fused-ring (bicyclic) bond motifs is 1. The Hall–Kier alpha value is -1.43. The first-order chi connectivity index (χ1) is 9.72. The number of nitrogens with two attached hydrogens (primary N) is 1. The molecule has 3 aromatic rings. The van der Waals surface area contributed by atoms with Crippen molar-refractivity contribution in [1.29, 1.82) is 0 Å². The van der Waals surface area contributed by atoms with Crippen molar-refractivity contribution in [3.63, 3.8) is 0 Å². The van der Waals surface area contributed by atoms with E-state index in [4.69, 9.17) is 10.7 Å². The fourth-order valence-corrected chi connectivity index (χ4v) is 3.72. The van der Waals surface area contributed by atoms with Crippen LogP contribution in [0, 0.1) is 0 Å². The van der Waals surface area contributed by atoms with E-state index < -0.39 is 0 Å². The van der Waals surface area contributed by atoms with Crippen molar-refractivity contribution in [3.05, 3.63) is 47.5 Å². The summed E-state index contributed by atoms with van der Waals surface area (Å²) in [5, 5.41) is 4.15. The topological polar surface area (TPSA) is 51.8 Å². The largest absolute Gasteiger partial charge is 0.328 e. The molecule has 2 aromatic heterocycles. The van der Waals surface area contributed by atoms with Crippen molar-refractivity contribution >= 4 is 34.0 Å². The molecule has 0 amide bonds. The van der Waals surface area contributed by atoms with Gasteiger partial charge in [-0.2, -0.15) is 0 Å². The lowest BCUT2D eigenvalue weighted by molar-refractivity contribution is 0.724. The summed E-state index contributed by atoms with van der Waals surface area (Å²) in [6.07, 6.45) is 2.64. The van der Waals surface area contributed by atoms with E-state index in [0.29, 0.717) is 0 Å². The van der Waals surface area contributed by atoms with Gasteiger partial charge in [-0.1, -0.05) is 18.2 Å². The standard InChI is InChI=1S/C15H15N3S2/c1-10(16)8-12-9-11-4-2-3-5-13(11)18-14(12)20-15-17-6-7-19-15/h2-7,9-10H,8,16H2,1H3. The molecule has 0 aliphatic rings. The average Bonchev–Trinajstić information content (AvgIpc) is 2.92. The molecule has 0 bridgehead atoms. The molecule has 2 N–H and O–H groups in total. The first-order valence-corrected chi connectivity index (χ1v) is 8.13. The number of hydrogen-bond donors (Lipinski definition) is 1. The number of pyridine rings is 1. The molecule has 0 spiro atoms. The molecular weight excluding hydrogens is 286 g/mol. The monoisotopic (exact) mass is 301 g/mol. The van der Waals surface area contributed by atoms with Gasteiger partial charge in [0.2, 0.25) is 0 Å². The summed E-state index contributed by atoms with van der Waals surface area (Å²) in [4.78, 5) is 9.10. The third-order valence-electron chi connectivity index (χ3n) is 2.90. The summed E-state index contributed by atoms with van der Waals surface area (Å²) in [7, 11) is 0. The van der Waals surface area contributed by atoms with Crippen molar-refractivity contribution in [2.24, 2.45) is 5.73 Å². The van der Waals surface area contributed by atoms with Gasteiger partial charge in [-0.25, -0.2) is 9.97 Å². The maximum Gasteiger partial charge on any atom is 0.156 e. The molecule has 3 nitrogen and oxygen atoms in total. The second-order valence-electron chi connectivity index (χ2n) is 4.73. The maximum absolute atomic E-state index is 5.96. The van der Waals surface area contributed by atoms with E-state index in [9.17, 15) is 0 Å². The van der Waals surface area contributed by atoms with E-state index in [-0.39, 0.29) is 6.04 Å². The van der Waals surface area contributed by atoms with Crippen LogP contribution in [0.4, 0.5) is 0 Å². The van der Waals surface area contributed by atoms with Crippen LogP contribution >= 0.6 is 23.1 Å². The van der Waals surface area contributed by atoms with Crippen molar-refractivity contribution in [3.8, 4) is 0 Å². The molecule has 1 atom stereocenters. The second kappa shape index (κ2) is 5.91. The first kappa shape index (κ1) is 13.5. The summed E-state index contributed by atoms with van der Waals surface area (Å²) in [6.45, 7) is 2.02. The molecule has 3 rings (SSSR count). The van der Waals surface area contributed by atoms with Crippen molar-refractivity contribution in [1.82, 2.24) is 9.97 Å². The molecule has 0 radical (unpaired) electrons. The molecule has 0 saturated heterocycles. The van der Waals surface area contributed by atoms with Gasteiger partial charge < -0.3 is 5.73 Å². The van der Waals surface area contributed by atoms with Gasteiger partial charge in [-0.3, -0.25) is 0 Å². The quantitative estimate of drug-likeness (QED) is 0.797. The normalized spacial score (nSPS) is 12.7. The number of rotatable bonds is 4. The number of hydrogen-bond acceptors (Lipinski definition) is 5. The molecule has 0 aliphatic carbocycles. The molecule has 1 unspecified atom stereocenters. The average molecular weight is 301 g/mol. The number of benzene rings is 1. The van der Waals surface area contributed by atoms with E-state index in [1.807, 2.05) is 36.7 Å². The summed E-state index contributed by atoms with van der Waals surface area (Å²) in [6, 6.07) is 10.5. The summed E-state index contributed by atoms with van der Waals surface area (Å²) in [5.41, 5.74) is 8.17. The highest BCUT2D eigenvalue weighted by Gasteiger charge is 2.11. The highest BCUT2D eigenvalue weighted by Crippen LogP contribution is 2.32. The minimum Gasteiger partial charge on any atom is -0.328 e. The van der Waals surface area contributed by atoms with Gasteiger partial charge >= 0.3 is 0 Å². The lowest BCUT2D eigenvalue weighted by Gasteiger charge is -2.11. The van der Waals surface area contributed by atoms with Gasteiger partial charge in [0, 0.05) is 23.0 Å². The Kier molecular flexibility index (Phi) is 4.00. The van der Waals surface area contributed by atoms with Crippen molar-refractivity contribution in [2.45, 2.75) is 28.8 Å². The Morgan fingerprint density at radius 2 is 2.20 bits per heavy atom. The Bertz CT molecular complexity index is 708. The zero-order chi connectivity index (χ0) is 13.9. The second-order valence-corrected chi connectivity index (χ2v) is 6.86. The van der Waals surface area contributed by atoms with E-state index in [1.54, 1.807) is 23.1 Å². The van der Waals surface area contributed by atoms with Crippen LogP contribution < -0.4 is 5.73 Å². The number of para-hydroxylation sites is 1. The number of nitrogens with zero attached hydrogens (tertiary/aromatic N) is 2. The molecule has 5 heteroatoms. The molecule has 2 heterocycles. The lowest BCUT2D eigenvalue weighted by Crippen LogP contribution is -2.18. The zero-order valence-electron chi connectivity index (χ0n) is 11.1. The first-order valence-electron chi connectivity index (χ1n) is 6.44. The van der Waals surface area contributed by atoms with Crippen LogP contribution in [0.5, 0.6) is 0 Å². The van der Waals surface area contributed by atoms with Crippen LogP contribution in [0.3, 0.4) is 0 Å². The minimum atomic E-state index is 0.119. The van der Waals surface area contributed by atoms with Crippen LogP contribution in [-0.2, 0) is 6.42 Å². The minimum absolute atomic E-state index is 0.119. The highest BCUT2D eigenvalue weighted by molar-refractivity contribution is 8.01. The van der Waals surface area contributed by atoms with Gasteiger partial charge in [0.1, 0.15) is 5.03 Å². The van der Waals surface area contributed by atoms with E-state index in [2.05, 4.69) is 17.1 Å². The fraction of sp³-hybridized carbons (Fsp3) is 0.200. The molecule has 0 fully saturated rings. The predicted octanol–water partition coefficient (Wildman–Crippen LogP) is 3.73. The number of aromatic nitrogens is 2. The van der Waals surface area contributed by atoms with Crippen molar-refractivity contribution < 1.29 is 0 Å². The number of thiazole rings is 1. The van der Waals surface area contributed by atoms with Gasteiger partial charge in [0.25, 0.3) is 0 Å². The molecule has 1 aromatic carbocycles. The van der Waals surface area contributed by atoms with E-state index >= 15 is 0 Å². The molecule has 0 aliphatic heterocycles. The predicted molar refractivity (Wildman–Crippen MR) is 85.3 cm³/mol. The Morgan fingerprint density at radius 3 is 2.95 bits per heavy atom. The summed E-state index contributed by atoms with van der Waals surface area (Å²) >= 11 is 3.25.